The van der Waals surface area contributed by atoms with Gasteiger partial charge in [0.1, 0.15) is 18.4 Å². The van der Waals surface area contributed by atoms with Crippen LogP contribution < -0.4 is 15.8 Å². The summed E-state index contributed by atoms with van der Waals surface area (Å²) < 4.78 is 6.03. The molecule has 0 aliphatic carbocycles. The van der Waals surface area contributed by atoms with E-state index in [1.165, 1.54) is 5.56 Å². The number of anilines is 2. The van der Waals surface area contributed by atoms with Gasteiger partial charge in [-0.1, -0.05) is 48.5 Å². The van der Waals surface area contributed by atoms with Gasteiger partial charge in [0, 0.05) is 46.8 Å². The van der Waals surface area contributed by atoms with E-state index in [9.17, 15) is 5.26 Å². The second-order valence-corrected chi connectivity index (χ2v) is 8.38. The summed E-state index contributed by atoms with van der Waals surface area (Å²) in [6, 6.07) is 28.1. The van der Waals surface area contributed by atoms with E-state index in [0.29, 0.717) is 23.6 Å². The minimum Gasteiger partial charge on any atom is -0.492 e. The predicted molar refractivity (Wildman–Crippen MR) is 140 cm³/mol. The Hall–Kier alpha value is -4.60. The van der Waals surface area contributed by atoms with Crippen LogP contribution in [0.5, 0.6) is 5.75 Å². The third-order valence-corrected chi connectivity index (χ3v) is 5.87. The SMILES string of the molecule is N#Cc1cncc(-c2cccc(OC[C@H](N)Cc3ccccc3)c2)c1Nc1cccc2[nH]ccc12. The minimum absolute atomic E-state index is 0.122. The molecule has 6 nitrogen and oxygen atoms in total. The molecule has 0 saturated heterocycles. The maximum absolute atomic E-state index is 9.79. The van der Waals surface area contributed by atoms with Crippen LogP contribution in [0.15, 0.2) is 97.5 Å². The molecule has 5 rings (SSSR count). The zero-order valence-electron chi connectivity index (χ0n) is 19.1. The number of aromatic nitrogens is 2. The number of aromatic amines is 1. The van der Waals surface area contributed by atoms with Crippen LogP contribution in [-0.4, -0.2) is 22.6 Å². The number of benzene rings is 3. The molecule has 2 aromatic heterocycles. The summed E-state index contributed by atoms with van der Waals surface area (Å²) >= 11 is 0. The smallest absolute Gasteiger partial charge is 0.119 e. The zero-order chi connectivity index (χ0) is 24.0. The number of hydrogen-bond donors (Lipinski definition) is 3. The molecule has 0 unspecified atom stereocenters. The first-order chi connectivity index (χ1) is 17.2. The average molecular weight is 460 g/mol. The van der Waals surface area contributed by atoms with Gasteiger partial charge in [0.25, 0.3) is 0 Å². The number of hydrogen-bond acceptors (Lipinski definition) is 5. The maximum Gasteiger partial charge on any atom is 0.119 e. The summed E-state index contributed by atoms with van der Waals surface area (Å²) in [6.45, 7) is 0.398. The highest BCUT2D eigenvalue weighted by atomic mass is 16.5. The molecular weight excluding hydrogens is 434 g/mol. The van der Waals surface area contributed by atoms with Crippen LogP contribution in [0, 0.1) is 11.3 Å². The predicted octanol–water partition coefficient (Wildman–Crippen LogP) is 5.79. The van der Waals surface area contributed by atoms with Crippen LogP contribution in [0.2, 0.25) is 0 Å². The molecule has 0 saturated carbocycles. The monoisotopic (exact) mass is 459 g/mol. The van der Waals surface area contributed by atoms with Crippen molar-refractivity contribution in [1.82, 2.24) is 9.97 Å². The van der Waals surface area contributed by atoms with Crippen LogP contribution in [0.3, 0.4) is 0 Å². The highest BCUT2D eigenvalue weighted by Crippen LogP contribution is 2.35. The van der Waals surface area contributed by atoms with Gasteiger partial charge < -0.3 is 20.8 Å². The standard InChI is InChI=1S/C29H25N5O/c30-16-22-17-32-18-26(29(22)34-28-11-5-10-27-25(28)12-13-33-27)21-8-4-9-24(15-21)35-19-23(31)14-20-6-2-1-3-7-20/h1-13,15,17-18,23,33H,14,19,31H2,(H,32,34)/t23-/m1/s1. The van der Waals surface area contributed by atoms with E-state index in [1.807, 2.05) is 72.9 Å². The fourth-order valence-corrected chi connectivity index (χ4v) is 4.16. The molecule has 4 N–H and O–H groups in total. The molecule has 3 aromatic carbocycles. The van der Waals surface area contributed by atoms with Gasteiger partial charge in [-0.25, -0.2) is 0 Å². The molecule has 0 spiro atoms. The van der Waals surface area contributed by atoms with Crippen LogP contribution in [0.4, 0.5) is 11.4 Å². The zero-order valence-corrected chi connectivity index (χ0v) is 19.1. The van der Waals surface area contributed by atoms with Crippen LogP contribution in [0.25, 0.3) is 22.0 Å². The van der Waals surface area contributed by atoms with Crippen molar-refractivity contribution in [3.63, 3.8) is 0 Å². The lowest BCUT2D eigenvalue weighted by Gasteiger charge is -2.16. The molecule has 35 heavy (non-hydrogen) atoms. The van der Waals surface area contributed by atoms with E-state index in [1.54, 1.807) is 12.4 Å². The summed E-state index contributed by atoms with van der Waals surface area (Å²) in [5, 5.41) is 14.3. The van der Waals surface area contributed by atoms with E-state index >= 15 is 0 Å². The third kappa shape index (κ3) is 5.01. The molecule has 5 aromatic rings. The Labute approximate surface area is 204 Å². The molecule has 1 atom stereocenters. The highest BCUT2D eigenvalue weighted by molar-refractivity contribution is 5.96. The number of ether oxygens (including phenoxy) is 1. The van der Waals surface area contributed by atoms with Crippen molar-refractivity contribution in [1.29, 1.82) is 5.26 Å². The van der Waals surface area contributed by atoms with E-state index < -0.39 is 0 Å². The fraction of sp³-hybridized carbons (Fsp3) is 0.103. The largest absolute Gasteiger partial charge is 0.492 e. The minimum atomic E-state index is -0.122. The molecule has 6 heteroatoms. The quantitative estimate of drug-likeness (QED) is 0.273. The first kappa shape index (κ1) is 22.2. The molecule has 0 aliphatic heterocycles. The molecule has 0 bridgehead atoms. The van der Waals surface area contributed by atoms with E-state index in [-0.39, 0.29) is 6.04 Å². The fourth-order valence-electron chi connectivity index (χ4n) is 4.16. The Morgan fingerprint density at radius 3 is 2.71 bits per heavy atom. The van der Waals surface area contributed by atoms with Gasteiger partial charge in [0.15, 0.2) is 0 Å². The lowest BCUT2D eigenvalue weighted by Crippen LogP contribution is -2.30. The lowest BCUT2D eigenvalue weighted by atomic mass is 10.0. The number of nitrogens with one attached hydrogen (secondary N) is 2. The van der Waals surface area contributed by atoms with Gasteiger partial charge in [0.05, 0.1) is 11.3 Å². The van der Waals surface area contributed by atoms with Crippen molar-refractivity contribution < 1.29 is 4.74 Å². The normalized spacial score (nSPS) is 11.7. The number of nitrogens with zero attached hydrogens (tertiary/aromatic N) is 2. The summed E-state index contributed by atoms with van der Waals surface area (Å²) in [4.78, 5) is 7.53. The van der Waals surface area contributed by atoms with E-state index in [0.717, 1.165) is 34.1 Å². The summed E-state index contributed by atoms with van der Waals surface area (Å²) in [5.41, 5.74) is 12.3. The van der Waals surface area contributed by atoms with Crippen molar-refractivity contribution in [2.24, 2.45) is 5.73 Å². The summed E-state index contributed by atoms with van der Waals surface area (Å²) in [6.07, 6.45) is 5.98. The number of nitriles is 1. The number of fused-ring (bicyclic) bond motifs is 1. The van der Waals surface area contributed by atoms with Gasteiger partial charge in [-0.15, -0.1) is 0 Å². The number of rotatable bonds is 8. The second kappa shape index (κ2) is 10.1. The van der Waals surface area contributed by atoms with Gasteiger partial charge in [-0.2, -0.15) is 5.26 Å². The number of nitrogens with two attached hydrogens (primary N) is 1. The number of pyridine rings is 1. The van der Waals surface area contributed by atoms with Crippen molar-refractivity contribution >= 4 is 22.3 Å². The first-order valence-corrected chi connectivity index (χ1v) is 11.5. The molecule has 0 radical (unpaired) electrons. The Morgan fingerprint density at radius 1 is 1.00 bits per heavy atom. The van der Waals surface area contributed by atoms with Gasteiger partial charge >= 0.3 is 0 Å². The molecule has 0 amide bonds. The van der Waals surface area contributed by atoms with Crippen LogP contribution >= 0.6 is 0 Å². The van der Waals surface area contributed by atoms with Gasteiger partial charge in [-0.3, -0.25) is 4.98 Å². The van der Waals surface area contributed by atoms with Crippen LogP contribution in [-0.2, 0) is 6.42 Å². The topological polar surface area (TPSA) is 99.8 Å². The number of H-pyrrole nitrogens is 1. The van der Waals surface area contributed by atoms with Gasteiger partial charge in [0.2, 0.25) is 0 Å². The van der Waals surface area contributed by atoms with E-state index in [2.05, 4.69) is 33.5 Å². The van der Waals surface area contributed by atoms with Crippen molar-refractivity contribution in [2.45, 2.75) is 12.5 Å². The van der Waals surface area contributed by atoms with Crippen molar-refractivity contribution in [3.8, 4) is 22.9 Å². The Morgan fingerprint density at radius 2 is 1.86 bits per heavy atom. The van der Waals surface area contributed by atoms with Crippen LogP contribution in [0.1, 0.15) is 11.1 Å². The highest BCUT2D eigenvalue weighted by Gasteiger charge is 2.14. The molecular formula is C29H25N5O. The van der Waals surface area contributed by atoms with Crippen molar-refractivity contribution in [3.05, 3.63) is 109 Å². The van der Waals surface area contributed by atoms with Gasteiger partial charge in [-0.05, 0) is 47.9 Å². The maximum atomic E-state index is 9.79. The summed E-state index contributed by atoms with van der Waals surface area (Å²) in [5.74, 6) is 0.715. The summed E-state index contributed by atoms with van der Waals surface area (Å²) in [7, 11) is 0. The lowest BCUT2D eigenvalue weighted by molar-refractivity contribution is 0.288. The Balaban J connectivity index is 1.40. The average Bonchev–Trinajstić information content (AvgIpc) is 3.38. The molecule has 172 valence electrons. The second-order valence-electron chi connectivity index (χ2n) is 8.38. The Kier molecular flexibility index (Phi) is 6.42. The Bertz CT molecular complexity index is 1490. The van der Waals surface area contributed by atoms with E-state index in [4.69, 9.17) is 10.5 Å². The first-order valence-electron chi connectivity index (χ1n) is 11.5. The third-order valence-electron chi connectivity index (χ3n) is 5.87. The van der Waals surface area contributed by atoms with Crippen molar-refractivity contribution in [2.75, 3.05) is 11.9 Å². The molecule has 0 aliphatic rings. The molecule has 0 fully saturated rings. The molecule has 2 heterocycles.